The van der Waals surface area contributed by atoms with Gasteiger partial charge in [0.15, 0.2) is 0 Å². The molecule has 0 amide bonds. The first-order valence-corrected chi connectivity index (χ1v) is 8.12. The van der Waals surface area contributed by atoms with Crippen molar-refractivity contribution in [3.8, 4) is 5.75 Å². The second-order valence-electron chi connectivity index (χ2n) is 4.79. The van der Waals surface area contributed by atoms with Crippen molar-refractivity contribution in [3.63, 3.8) is 0 Å². The first-order chi connectivity index (χ1) is 9.93. The van der Waals surface area contributed by atoms with E-state index in [2.05, 4.69) is 31.9 Å². The second kappa shape index (κ2) is 7.04. The summed E-state index contributed by atoms with van der Waals surface area (Å²) in [6.07, 6.45) is 0.183. The molecule has 1 aromatic rings. The molecule has 3 atom stereocenters. The Kier molecular flexibility index (Phi) is 5.59. The maximum Gasteiger partial charge on any atom is 0.271 e. The molecule has 1 saturated carbocycles. The van der Waals surface area contributed by atoms with Gasteiger partial charge in [0.2, 0.25) is 0 Å². The predicted molar refractivity (Wildman–Crippen MR) is 83.6 cm³/mol. The Morgan fingerprint density at radius 1 is 1.43 bits per heavy atom. The molecule has 8 heteroatoms. The Hall–Kier alpha value is -0.700. The number of nitro groups is 1. The summed E-state index contributed by atoms with van der Waals surface area (Å²) in [5.74, 6) is 0.475. The molecule has 1 fully saturated rings. The van der Waals surface area contributed by atoms with E-state index < -0.39 is 11.0 Å². The van der Waals surface area contributed by atoms with Crippen LogP contribution in [0, 0.1) is 10.1 Å². The average molecular weight is 425 g/mol. The molecule has 21 heavy (non-hydrogen) atoms. The average Bonchev–Trinajstić information content (AvgIpc) is 2.41. The molecule has 0 bridgehead atoms. The van der Waals surface area contributed by atoms with Crippen LogP contribution in [-0.2, 0) is 4.74 Å². The van der Waals surface area contributed by atoms with Crippen molar-refractivity contribution in [2.24, 2.45) is 0 Å². The quantitative estimate of drug-likeness (QED) is 0.558. The number of halogens is 2. The zero-order valence-electron chi connectivity index (χ0n) is 11.3. The number of ether oxygens (including phenoxy) is 2. The molecule has 0 radical (unpaired) electrons. The summed E-state index contributed by atoms with van der Waals surface area (Å²) in [6.45, 7) is 2.55. The number of aliphatic hydroxyl groups excluding tert-OH is 1. The molecule has 0 saturated heterocycles. The summed E-state index contributed by atoms with van der Waals surface area (Å²) in [5, 5.41) is 20.5. The summed E-state index contributed by atoms with van der Waals surface area (Å²) in [5.41, 5.74) is -0.0338. The number of aliphatic hydroxyl groups is 1. The Morgan fingerprint density at radius 3 is 2.52 bits per heavy atom. The summed E-state index contributed by atoms with van der Waals surface area (Å²) in [4.78, 5) is 10.3. The Morgan fingerprint density at radius 2 is 2.05 bits per heavy atom. The van der Waals surface area contributed by atoms with Gasteiger partial charge in [-0.15, -0.1) is 0 Å². The van der Waals surface area contributed by atoms with E-state index in [0.717, 1.165) is 6.42 Å². The number of hydrogen-bond donors (Lipinski definition) is 1. The van der Waals surface area contributed by atoms with Gasteiger partial charge in [0.1, 0.15) is 18.0 Å². The number of non-ortho nitro benzene ring substituents is 1. The van der Waals surface area contributed by atoms with Crippen molar-refractivity contribution in [2.45, 2.75) is 38.1 Å². The fourth-order valence-corrected chi connectivity index (χ4v) is 3.41. The Balaban J connectivity index is 2.11. The fraction of sp³-hybridized carbons (Fsp3) is 0.538. The lowest BCUT2D eigenvalue weighted by atomic mass is 9.88. The van der Waals surface area contributed by atoms with Gasteiger partial charge < -0.3 is 14.6 Å². The standard InChI is InChI=1S/C13H15Br2NO5/c1-2-3-20-13-10(17)6-11(13)21-12-8(14)4-7(16(18)19)5-9(12)15/h4-5,10-11,13,17H,2-3,6H2,1H3. The first-order valence-electron chi connectivity index (χ1n) is 6.53. The fourth-order valence-electron chi connectivity index (χ4n) is 2.06. The third-order valence-electron chi connectivity index (χ3n) is 3.20. The zero-order valence-corrected chi connectivity index (χ0v) is 14.5. The molecular formula is C13H15Br2NO5. The minimum absolute atomic E-state index is 0.0338. The molecule has 2 rings (SSSR count). The highest BCUT2D eigenvalue weighted by Crippen LogP contribution is 2.40. The lowest BCUT2D eigenvalue weighted by Gasteiger charge is -2.41. The molecule has 0 aliphatic heterocycles. The van der Waals surface area contributed by atoms with Crippen molar-refractivity contribution in [2.75, 3.05) is 6.61 Å². The Labute approximate surface area is 138 Å². The van der Waals surface area contributed by atoms with Gasteiger partial charge >= 0.3 is 0 Å². The van der Waals surface area contributed by atoms with E-state index >= 15 is 0 Å². The molecule has 1 aromatic carbocycles. The molecule has 1 aliphatic rings. The van der Waals surface area contributed by atoms with E-state index in [1.165, 1.54) is 12.1 Å². The minimum Gasteiger partial charge on any atom is -0.485 e. The normalized spacial score (nSPS) is 24.5. The molecule has 116 valence electrons. The lowest BCUT2D eigenvalue weighted by molar-refractivity contribution is -0.385. The van der Waals surface area contributed by atoms with Crippen LogP contribution in [-0.4, -0.2) is 34.9 Å². The van der Waals surface area contributed by atoms with E-state index in [1.807, 2.05) is 6.92 Å². The van der Waals surface area contributed by atoms with Crippen molar-refractivity contribution in [1.29, 1.82) is 0 Å². The highest BCUT2D eigenvalue weighted by atomic mass is 79.9. The molecular weight excluding hydrogens is 410 g/mol. The van der Waals surface area contributed by atoms with Crippen molar-refractivity contribution < 1.29 is 19.5 Å². The largest absolute Gasteiger partial charge is 0.485 e. The summed E-state index contributed by atoms with van der Waals surface area (Å²) >= 11 is 6.55. The van der Waals surface area contributed by atoms with Gasteiger partial charge in [0.05, 0.1) is 20.0 Å². The van der Waals surface area contributed by atoms with Gasteiger partial charge in [0.25, 0.3) is 5.69 Å². The number of nitrogens with zero attached hydrogens (tertiary/aromatic N) is 1. The van der Waals surface area contributed by atoms with Crippen LogP contribution >= 0.6 is 31.9 Å². The molecule has 6 nitrogen and oxygen atoms in total. The van der Waals surface area contributed by atoms with Crippen molar-refractivity contribution >= 4 is 37.5 Å². The molecule has 0 spiro atoms. The SMILES string of the molecule is CCCOC1C(O)CC1Oc1c(Br)cc([N+](=O)[O-])cc1Br. The molecule has 3 unspecified atom stereocenters. The van der Waals surface area contributed by atoms with E-state index in [9.17, 15) is 15.2 Å². The van der Waals surface area contributed by atoms with Crippen LogP contribution in [0.15, 0.2) is 21.1 Å². The van der Waals surface area contributed by atoms with Crippen LogP contribution < -0.4 is 4.74 Å². The monoisotopic (exact) mass is 423 g/mol. The van der Waals surface area contributed by atoms with E-state index in [1.54, 1.807) is 0 Å². The topological polar surface area (TPSA) is 81.8 Å². The highest BCUT2D eigenvalue weighted by Gasteiger charge is 2.43. The Bertz CT molecular complexity index is 516. The third-order valence-corrected chi connectivity index (χ3v) is 4.38. The minimum atomic E-state index is -0.530. The van der Waals surface area contributed by atoms with E-state index in [-0.39, 0.29) is 17.9 Å². The third kappa shape index (κ3) is 3.74. The van der Waals surface area contributed by atoms with E-state index in [0.29, 0.717) is 27.7 Å². The molecule has 1 N–H and O–H groups in total. The van der Waals surface area contributed by atoms with Crippen LogP contribution in [0.1, 0.15) is 19.8 Å². The summed E-state index contributed by atoms with van der Waals surface area (Å²) in [6, 6.07) is 2.77. The zero-order chi connectivity index (χ0) is 15.6. The maximum absolute atomic E-state index is 10.8. The van der Waals surface area contributed by atoms with Gasteiger partial charge in [-0.25, -0.2) is 0 Å². The number of benzene rings is 1. The first kappa shape index (κ1) is 16.7. The van der Waals surface area contributed by atoms with Crippen molar-refractivity contribution in [1.82, 2.24) is 0 Å². The van der Waals surface area contributed by atoms with Gasteiger partial charge in [0, 0.05) is 25.2 Å². The van der Waals surface area contributed by atoms with Crippen LogP contribution in [0.5, 0.6) is 5.75 Å². The van der Waals surface area contributed by atoms with E-state index in [4.69, 9.17) is 9.47 Å². The van der Waals surface area contributed by atoms with Crippen LogP contribution in [0.25, 0.3) is 0 Å². The lowest BCUT2D eigenvalue weighted by Crippen LogP contribution is -2.55. The van der Waals surface area contributed by atoms with Crippen LogP contribution in [0.4, 0.5) is 5.69 Å². The van der Waals surface area contributed by atoms with Crippen LogP contribution in [0.2, 0.25) is 0 Å². The summed E-state index contributed by atoms with van der Waals surface area (Å²) < 4.78 is 12.3. The number of hydrogen-bond acceptors (Lipinski definition) is 5. The van der Waals surface area contributed by atoms with Crippen molar-refractivity contribution in [3.05, 3.63) is 31.2 Å². The van der Waals surface area contributed by atoms with Crippen LogP contribution in [0.3, 0.4) is 0 Å². The molecule has 0 aromatic heterocycles. The van der Waals surface area contributed by atoms with Gasteiger partial charge in [-0.05, 0) is 38.3 Å². The second-order valence-corrected chi connectivity index (χ2v) is 6.50. The number of rotatable bonds is 6. The predicted octanol–water partition coefficient (Wildman–Crippen LogP) is 3.43. The van der Waals surface area contributed by atoms with Gasteiger partial charge in [-0.2, -0.15) is 0 Å². The molecule has 0 heterocycles. The summed E-state index contributed by atoms with van der Waals surface area (Å²) in [7, 11) is 0. The van der Waals surface area contributed by atoms with Gasteiger partial charge in [-0.1, -0.05) is 6.92 Å². The smallest absolute Gasteiger partial charge is 0.271 e. The highest BCUT2D eigenvalue weighted by molar-refractivity contribution is 9.11. The van der Waals surface area contributed by atoms with Gasteiger partial charge in [-0.3, -0.25) is 10.1 Å². The molecule has 1 aliphatic carbocycles. The number of nitro benzene ring substituents is 1. The maximum atomic E-state index is 10.8.